The predicted octanol–water partition coefficient (Wildman–Crippen LogP) is 18.4. The van der Waals surface area contributed by atoms with Crippen LogP contribution in [-0.4, -0.2) is 99.2 Å². The van der Waals surface area contributed by atoms with Gasteiger partial charge in [0.1, 0.15) is 0 Å². The molecule has 1 atom stereocenters. The molecule has 41 heteroatoms. The quantitative estimate of drug-likeness (QED) is 0.0138. The summed E-state index contributed by atoms with van der Waals surface area (Å²) in [7, 11) is 0. The number of hydrogen-bond donors (Lipinski definition) is 11. The Bertz CT molecular complexity index is 6890. The summed E-state index contributed by atoms with van der Waals surface area (Å²) >= 11 is 2.01. The van der Waals surface area contributed by atoms with Gasteiger partial charge in [-0.25, -0.2) is 65.1 Å². The van der Waals surface area contributed by atoms with Crippen LogP contribution in [-0.2, 0) is 57.9 Å². The Morgan fingerprint density at radius 1 is 0.286 bits per heavy atom. The first-order chi connectivity index (χ1) is 61.1. The number of nitrogens with zero attached hydrogens (tertiary/aromatic N) is 8. The van der Waals surface area contributed by atoms with Crippen LogP contribution in [0.5, 0.6) is 0 Å². The normalized spacial score (nSPS) is 11.6. The number of rotatable bonds is 21. The van der Waals surface area contributed by atoms with Crippen LogP contribution >= 0.6 is 60.2 Å². The molecular weight excluding hydrogens is 1750 g/mol. The van der Waals surface area contributed by atoms with Crippen molar-refractivity contribution in [2.75, 3.05) is 0 Å². The van der Waals surface area contributed by atoms with Crippen molar-refractivity contribution in [1.29, 1.82) is 0 Å². The molecule has 0 bridgehead atoms. The molecule has 0 fully saturated rings. The van der Waals surface area contributed by atoms with Crippen LogP contribution in [0.25, 0.3) is 177 Å². The van der Waals surface area contributed by atoms with Crippen LogP contribution in [0, 0.1) is 0 Å². The standard InChI is InChI=1S/C20H12N4O5S.C19H12N4O6S2.C19H11N3O6S2.C19H11N3O4S.4C2H6/c21-19(25)9-3-8-4-10(20(22)26)6-13-16(8)12(5-9)17-18(13)24-15-7-11(30-29-28-27)1-2-14(15)23-17;20-19(24)9-3-8-4-11(31-28-26-21)6-13-16(8)12(5-9)17-18(13)23-15-7-10(30-29-27-25)1-2-14(15)22-17;20-19(23)9-3-8-4-11(30(25)26)7-13-16(8)12(5-9)17-18(13)21-14-2-1-10(29-28-27-24)6-15(14)22-17;20-19(23)10-6-9-2-1-3-12-16(9)13(7-10)18-17(12)22-15-8-11(27-26-25-24)4-5-14(15)21-18;4*1-2/h1-7,27H,(H2,21,25)(H2,22,26);1-7,25H,21H2,(H2,20,24);1-7,24H,(H2,20,23)(H,25,26);1-8,24H,(H2,20,23);4*1-2H3. The first-order valence-electron chi connectivity index (χ1n) is 37.8. The second kappa shape index (κ2) is 40.3. The molecule has 20 rings (SSSR count). The fourth-order valence-electron chi connectivity index (χ4n) is 14.4. The van der Waals surface area contributed by atoms with Crippen LogP contribution in [0.15, 0.2) is 205 Å². The molecule has 4 aliphatic rings. The summed E-state index contributed by atoms with van der Waals surface area (Å²) in [5.74, 6) is 2.13. The smallest absolute Gasteiger partial charge is 0.248 e. The van der Waals surface area contributed by atoms with Gasteiger partial charge in [0.05, 0.1) is 155 Å². The maximum absolute atomic E-state index is 11.9. The largest absolute Gasteiger partial charge is 0.366 e. The molecule has 17 N–H and O–H groups in total. The van der Waals surface area contributed by atoms with E-state index in [0.717, 1.165) is 126 Å². The molecule has 126 heavy (non-hydrogen) atoms. The third-order valence-electron chi connectivity index (χ3n) is 19.1. The summed E-state index contributed by atoms with van der Waals surface area (Å²) in [6, 6.07) is 50.6. The Morgan fingerprint density at radius 3 is 0.833 bits per heavy atom. The average molecular weight is 1820 g/mol. The predicted molar refractivity (Wildman–Crippen MR) is 478 cm³/mol. The van der Waals surface area contributed by atoms with Crippen molar-refractivity contribution in [2.24, 2.45) is 34.6 Å². The molecule has 0 radical (unpaired) electrons. The Kier molecular flexibility index (Phi) is 29.2. The molecule has 1 unspecified atom stereocenters. The van der Waals surface area contributed by atoms with Crippen molar-refractivity contribution in [3.8, 4) is 90.1 Å². The lowest BCUT2D eigenvalue weighted by Gasteiger charge is -2.07. The number of aromatic nitrogens is 8. The SMILES string of the molecule is CC.CC.CC.CC.NC(=O)c1cc2c3c(cc(C(N)=O)cc3c1)-c1nc3cc(SOOO)ccc3nc1-2.NC(=O)c1cc2c3c(cc(S(=O)O)cc3c1)-c1nc3ccc(SOOO)cc3nc1-2.NC(=O)c1cc2c3c(cccc3c1)-c1nc3cc(SOOO)ccc3nc1-2.NOOSc1cc2c3c(cc(C(N)=O)cc3c1)-c1nc3ccc(SOOO)cc3nc1-2. The molecular formula is C85H70N14O21S6. The van der Waals surface area contributed by atoms with E-state index in [1.54, 1.807) is 140 Å². The molecule has 4 heterocycles. The van der Waals surface area contributed by atoms with Gasteiger partial charge in [0.15, 0.2) is 11.1 Å². The minimum absolute atomic E-state index is 0.188. The molecule has 642 valence electrons. The van der Waals surface area contributed by atoms with Crippen LogP contribution in [0.4, 0.5) is 0 Å². The zero-order chi connectivity index (χ0) is 90.1. The van der Waals surface area contributed by atoms with E-state index in [0.29, 0.717) is 152 Å². The first-order valence-corrected chi connectivity index (χ1v) is 42.6. The molecule has 35 nitrogen and oxygen atoms in total. The topological polar surface area (TPSA) is 555 Å². The Labute approximate surface area is 736 Å². The van der Waals surface area contributed by atoms with Gasteiger partial charge in [-0.1, -0.05) is 93.7 Å². The summed E-state index contributed by atoms with van der Waals surface area (Å²) < 4.78 is 44.0. The number of hydrogen-bond acceptors (Lipinski definition) is 34. The third-order valence-corrected chi connectivity index (χ3v) is 22.6. The van der Waals surface area contributed by atoms with E-state index in [9.17, 15) is 32.7 Å². The fourth-order valence-corrected chi connectivity index (χ4v) is 16.9. The molecule has 4 aromatic heterocycles. The van der Waals surface area contributed by atoms with Gasteiger partial charge in [-0.05, 0) is 179 Å². The Hall–Kier alpha value is -12.4. The molecule has 0 saturated heterocycles. The van der Waals surface area contributed by atoms with Crippen LogP contribution < -0.4 is 34.6 Å². The van der Waals surface area contributed by atoms with Gasteiger partial charge < -0.3 is 33.2 Å². The van der Waals surface area contributed by atoms with Crippen molar-refractivity contribution < 1.29 is 101 Å². The number of carbonyl (C=O) groups is 5. The zero-order valence-corrected chi connectivity index (χ0v) is 71.9. The summed E-state index contributed by atoms with van der Waals surface area (Å²) in [5.41, 5.74) is 45.3. The molecule has 0 spiro atoms. The minimum atomic E-state index is -2.21. The van der Waals surface area contributed by atoms with Crippen LogP contribution in [0.2, 0.25) is 0 Å². The number of nitrogens with two attached hydrogens (primary N) is 6. The highest BCUT2D eigenvalue weighted by Crippen LogP contribution is 2.53. The lowest BCUT2D eigenvalue weighted by Crippen LogP contribution is -2.12. The second-order valence-electron chi connectivity index (χ2n) is 25.8. The van der Waals surface area contributed by atoms with E-state index in [1.807, 2.05) is 91.8 Å². The van der Waals surface area contributed by atoms with Gasteiger partial charge in [-0.3, -0.25) is 24.0 Å². The Morgan fingerprint density at radius 2 is 0.540 bits per heavy atom. The molecule has 0 saturated carbocycles. The zero-order valence-electron chi connectivity index (χ0n) is 67.0. The summed E-state index contributed by atoms with van der Waals surface area (Å²) in [5, 5.41) is 54.4. The second-order valence-corrected chi connectivity index (χ2v) is 30.6. The highest BCUT2D eigenvalue weighted by molar-refractivity contribution is 7.95. The number of primary amides is 5. The van der Waals surface area contributed by atoms with E-state index < -0.39 is 40.6 Å². The summed E-state index contributed by atoms with van der Waals surface area (Å²) in [4.78, 5) is 105. The van der Waals surface area contributed by atoms with Gasteiger partial charge in [0.2, 0.25) is 29.5 Å². The number of carbonyl (C=O) groups excluding carboxylic acids is 5. The minimum Gasteiger partial charge on any atom is -0.366 e. The number of benzene rings is 12. The van der Waals surface area contributed by atoms with Crippen molar-refractivity contribution in [1.82, 2.24) is 39.9 Å². The van der Waals surface area contributed by atoms with E-state index in [2.05, 4.69) is 42.5 Å². The van der Waals surface area contributed by atoms with E-state index in [-0.39, 0.29) is 16.0 Å². The maximum Gasteiger partial charge on any atom is 0.248 e. The highest BCUT2D eigenvalue weighted by Gasteiger charge is 2.33. The lowest BCUT2D eigenvalue weighted by molar-refractivity contribution is -0.432. The fraction of sp³-hybridized carbons (Fsp3) is 0.0941. The summed E-state index contributed by atoms with van der Waals surface area (Å²) in [6.07, 6.45) is 0. The monoisotopic (exact) mass is 1810 g/mol. The first kappa shape index (κ1) is 91.3. The number of amides is 5. The molecule has 0 aliphatic heterocycles. The van der Waals surface area contributed by atoms with Gasteiger partial charge in [0, 0.05) is 118 Å². The highest BCUT2D eigenvalue weighted by atomic mass is 32.2. The van der Waals surface area contributed by atoms with E-state index >= 15 is 0 Å². The van der Waals surface area contributed by atoms with E-state index in [4.69, 9.17) is 99.8 Å². The summed E-state index contributed by atoms with van der Waals surface area (Å²) in [6.45, 7) is 16.0. The van der Waals surface area contributed by atoms with Crippen LogP contribution in [0.3, 0.4) is 0 Å². The van der Waals surface area contributed by atoms with Crippen molar-refractivity contribution in [3.05, 3.63) is 204 Å². The average Bonchev–Trinajstić information content (AvgIpc) is 1.59. The van der Waals surface area contributed by atoms with Crippen LogP contribution in [0.1, 0.15) is 107 Å². The lowest BCUT2D eigenvalue weighted by atomic mass is 9.98. The molecule has 4 aliphatic carbocycles. The molecule has 5 amide bonds. The van der Waals surface area contributed by atoms with E-state index in [1.165, 1.54) is 0 Å². The number of fused-ring (bicyclic) bond motifs is 16. The van der Waals surface area contributed by atoms with Gasteiger partial charge in [0.25, 0.3) is 0 Å². The third kappa shape index (κ3) is 18.3. The van der Waals surface area contributed by atoms with Crippen molar-refractivity contribution in [3.63, 3.8) is 0 Å². The Balaban J connectivity index is 0.000000140. The molecule has 16 aromatic rings. The van der Waals surface area contributed by atoms with Gasteiger partial charge in [-0.2, -0.15) is 5.90 Å². The van der Waals surface area contributed by atoms with Crippen molar-refractivity contribution >= 4 is 188 Å². The van der Waals surface area contributed by atoms with Gasteiger partial charge in [-0.15, -0.1) is 26.7 Å². The molecule has 12 aromatic carbocycles. The van der Waals surface area contributed by atoms with Crippen molar-refractivity contribution in [2.45, 2.75) is 84.8 Å². The maximum atomic E-state index is 11.9. The van der Waals surface area contributed by atoms with Gasteiger partial charge >= 0.3 is 0 Å².